The Bertz CT molecular complexity index is 516. The number of H-pyrrole nitrogens is 1. The van der Waals surface area contributed by atoms with Crippen LogP contribution in [0.1, 0.15) is 0 Å². The average Bonchev–Trinajstić information content (AvgIpc) is 2.47. The molecule has 0 aliphatic heterocycles. The van der Waals surface area contributed by atoms with Crippen LogP contribution in [0.2, 0.25) is 0 Å². The molecule has 5 heteroatoms. The van der Waals surface area contributed by atoms with Crippen molar-refractivity contribution in [3.05, 3.63) is 49.8 Å². The van der Waals surface area contributed by atoms with Crippen molar-refractivity contribution in [2.75, 3.05) is 0 Å². The fraction of sp³-hybridized carbons (Fsp3) is 0. The number of aromatic nitrogens is 2. The lowest BCUT2D eigenvalue weighted by atomic mass is 10.3. The van der Waals surface area contributed by atoms with Crippen LogP contribution in [0.5, 0.6) is 0 Å². The highest BCUT2D eigenvalue weighted by Crippen LogP contribution is 2.15. The van der Waals surface area contributed by atoms with E-state index >= 15 is 0 Å². The van der Waals surface area contributed by atoms with Crippen LogP contribution in [-0.4, -0.2) is 9.78 Å². The summed E-state index contributed by atoms with van der Waals surface area (Å²) in [6.07, 6.45) is 1.70. The molecule has 1 heterocycles. The first-order valence-electron chi connectivity index (χ1n) is 3.90. The fourth-order valence-electron chi connectivity index (χ4n) is 1.13. The Morgan fingerprint density at radius 2 is 2.07 bits per heavy atom. The molecule has 2 aromatic rings. The van der Waals surface area contributed by atoms with Gasteiger partial charge in [-0.05, 0) is 34.1 Å². The second-order valence-corrected chi connectivity index (χ2v) is 4.54. The van der Waals surface area contributed by atoms with E-state index in [1.165, 1.54) is 0 Å². The van der Waals surface area contributed by atoms with E-state index < -0.39 is 0 Å². The zero-order valence-electron chi connectivity index (χ0n) is 7.00. The van der Waals surface area contributed by atoms with Crippen LogP contribution in [0.25, 0.3) is 5.69 Å². The summed E-state index contributed by atoms with van der Waals surface area (Å²) in [4.78, 5) is 11.2. The summed E-state index contributed by atoms with van der Waals surface area (Å²) in [5.74, 6) is 0. The lowest BCUT2D eigenvalue weighted by Crippen LogP contribution is -2.03. The van der Waals surface area contributed by atoms with Crippen LogP contribution in [0.4, 0.5) is 0 Å². The second kappa shape index (κ2) is 3.74. The van der Waals surface area contributed by atoms with Crippen molar-refractivity contribution in [1.29, 1.82) is 0 Å². The minimum atomic E-state index is -0.134. The first-order valence-corrected chi connectivity index (χ1v) is 5.48. The molecule has 0 unspecified atom stereocenters. The number of aromatic amines is 1. The first-order chi connectivity index (χ1) is 6.66. The third kappa shape index (κ3) is 1.83. The quantitative estimate of drug-likeness (QED) is 0.862. The number of hydrogen-bond acceptors (Lipinski definition) is 1. The molecule has 1 aromatic heterocycles. The van der Waals surface area contributed by atoms with E-state index in [9.17, 15) is 4.79 Å². The maximum absolute atomic E-state index is 11.2. The molecule has 0 spiro atoms. The Morgan fingerprint density at radius 1 is 1.29 bits per heavy atom. The number of nitrogens with zero attached hydrogens (tertiary/aromatic N) is 1. The Labute approximate surface area is 97.0 Å². The topological polar surface area (TPSA) is 37.8 Å². The van der Waals surface area contributed by atoms with Gasteiger partial charge in [0.15, 0.2) is 0 Å². The molecule has 3 nitrogen and oxygen atoms in total. The summed E-state index contributed by atoms with van der Waals surface area (Å²) in [5.41, 5.74) is 0.771. The molecule has 72 valence electrons. The molecule has 0 aliphatic carbocycles. The van der Waals surface area contributed by atoms with Crippen molar-refractivity contribution in [2.45, 2.75) is 0 Å². The van der Waals surface area contributed by atoms with E-state index in [4.69, 9.17) is 0 Å². The second-order valence-electron chi connectivity index (χ2n) is 2.77. The minimum Gasteiger partial charge on any atom is -0.267 e. The van der Waals surface area contributed by atoms with E-state index in [1.807, 2.05) is 24.3 Å². The molecule has 0 fully saturated rings. The van der Waals surface area contributed by atoms with E-state index in [0.717, 1.165) is 10.2 Å². The lowest BCUT2D eigenvalue weighted by molar-refractivity contribution is 0.863. The standard InChI is InChI=1S/C9H6Br2N2O/c10-6-2-1-3-7(4-6)13-5-8(11)9(14)12-13/h1-5H,(H,12,14). The highest BCUT2D eigenvalue weighted by Gasteiger charge is 2.01. The summed E-state index contributed by atoms with van der Waals surface area (Å²) in [5, 5.41) is 2.68. The van der Waals surface area contributed by atoms with Gasteiger partial charge < -0.3 is 0 Å². The largest absolute Gasteiger partial charge is 0.278 e. The van der Waals surface area contributed by atoms with E-state index in [-0.39, 0.29) is 5.56 Å². The zero-order chi connectivity index (χ0) is 10.1. The fourth-order valence-corrected chi connectivity index (χ4v) is 1.81. The van der Waals surface area contributed by atoms with Crippen molar-refractivity contribution in [1.82, 2.24) is 9.78 Å². The van der Waals surface area contributed by atoms with Gasteiger partial charge in [-0.25, -0.2) is 0 Å². The Morgan fingerprint density at radius 3 is 2.64 bits per heavy atom. The van der Waals surface area contributed by atoms with Crippen molar-refractivity contribution in [3.8, 4) is 5.69 Å². The summed E-state index contributed by atoms with van der Waals surface area (Å²) in [6, 6.07) is 7.67. The van der Waals surface area contributed by atoms with Gasteiger partial charge in [0.1, 0.15) is 4.47 Å². The number of benzene rings is 1. The van der Waals surface area contributed by atoms with Gasteiger partial charge in [0.25, 0.3) is 5.56 Å². The molecule has 0 aliphatic rings. The molecule has 2 rings (SSSR count). The predicted molar refractivity (Wildman–Crippen MR) is 61.8 cm³/mol. The molecule has 0 radical (unpaired) electrons. The van der Waals surface area contributed by atoms with Crippen LogP contribution in [-0.2, 0) is 0 Å². The van der Waals surface area contributed by atoms with Gasteiger partial charge in [0.2, 0.25) is 0 Å². The normalized spacial score (nSPS) is 10.4. The Balaban J connectivity index is 2.54. The maximum atomic E-state index is 11.2. The SMILES string of the molecule is O=c1[nH]n(-c2cccc(Br)c2)cc1Br. The van der Waals surface area contributed by atoms with Crippen LogP contribution < -0.4 is 5.56 Å². The van der Waals surface area contributed by atoms with Gasteiger partial charge in [-0.1, -0.05) is 22.0 Å². The highest BCUT2D eigenvalue weighted by atomic mass is 79.9. The molecule has 0 atom stereocenters. The highest BCUT2D eigenvalue weighted by molar-refractivity contribution is 9.10. The van der Waals surface area contributed by atoms with Crippen molar-refractivity contribution in [3.63, 3.8) is 0 Å². The molecule has 1 N–H and O–H groups in total. The van der Waals surface area contributed by atoms with Gasteiger partial charge in [0.05, 0.1) is 5.69 Å². The zero-order valence-corrected chi connectivity index (χ0v) is 10.2. The first kappa shape index (κ1) is 9.73. The number of nitrogens with one attached hydrogen (secondary N) is 1. The third-order valence-corrected chi connectivity index (χ3v) is 2.83. The molecule has 0 bridgehead atoms. The molecule has 0 amide bonds. The van der Waals surface area contributed by atoms with Crippen molar-refractivity contribution < 1.29 is 0 Å². The van der Waals surface area contributed by atoms with Crippen LogP contribution in [0.3, 0.4) is 0 Å². The summed E-state index contributed by atoms with van der Waals surface area (Å²) >= 11 is 6.52. The van der Waals surface area contributed by atoms with Crippen LogP contribution in [0.15, 0.2) is 44.2 Å². The average molecular weight is 318 g/mol. The smallest absolute Gasteiger partial charge is 0.267 e. The summed E-state index contributed by atoms with van der Waals surface area (Å²) in [6.45, 7) is 0. The van der Waals surface area contributed by atoms with E-state index in [1.54, 1.807) is 10.9 Å². The molecular weight excluding hydrogens is 312 g/mol. The van der Waals surface area contributed by atoms with Crippen molar-refractivity contribution in [2.24, 2.45) is 0 Å². The number of halogens is 2. The number of rotatable bonds is 1. The van der Waals surface area contributed by atoms with E-state index in [2.05, 4.69) is 37.0 Å². The molecule has 14 heavy (non-hydrogen) atoms. The van der Waals surface area contributed by atoms with Gasteiger partial charge in [-0.2, -0.15) is 0 Å². The van der Waals surface area contributed by atoms with Crippen LogP contribution in [0, 0.1) is 0 Å². The number of hydrogen-bond donors (Lipinski definition) is 1. The molecular formula is C9H6Br2N2O. The Kier molecular flexibility index (Phi) is 2.60. The molecule has 1 aromatic carbocycles. The van der Waals surface area contributed by atoms with Gasteiger partial charge >= 0.3 is 0 Å². The Hall–Kier alpha value is -0.810. The monoisotopic (exact) mass is 316 g/mol. The summed E-state index contributed by atoms with van der Waals surface area (Å²) in [7, 11) is 0. The summed E-state index contributed by atoms with van der Waals surface area (Å²) < 4.78 is 3.16. The molecule has 0 saturated carbocycles. The van der Waals surface area contributed by atoms with Gasteiger partial charge in [-0.3, -0.25) is 14.6 Å². The predicted octanol–water partition coefficient (Wildman–Crippen LogP) is 2.69. The van der Waals surface area contributed by atoms with Crippen LogP contribution >= 0.6 is 31.9 Å². The lowest BCUT2D eigenvalue weighted by Gasteiger charge is -2.01. The van der Waals surface area contributed by atoms with E-state index in [0.29, 0.717) is 4.47 Å². The van der Waals surface area contributed by atoms with Gasteiger partial charge in [-0.15, -0.1) is 0 Å². The van der Waals surface area contributed by atoms with Crippen molar-refractivity contribution >= 4 is 31.9 Å². The maximum Gasteiger partial charge on any atom is 0.278 e. The molecule has 0 saturated heterocycles. The van der Waals surface area contributed by atoms with Gasteiger partial charge in [0, 0.05) is 10.7 Å². The third-order valence-electron chi connectivity index (χ3n) is 1.77. The minimum absolute atomic E-state index is 0.134.